The van der Waals surface area contributed by atoms with Gasteiger partial charge in [0.2, 0.25) is 0 Å². The van der Waals surface area contributed by atoms with E-state index in [2.05, 4.69) is 31.9 Å². The summed E-state index contributed by atoms with van der Waals surface area (Å²) in [6, 6.07) is 10.4. The van der Waals surface area contributed by atoms with Crippen LogP contribution in [-0.2, 0) is 12.1 Å². The number of benzene rings is 1. The summed E-state index contributed by atoms with van der Waals surface area (Å²) < 4.78 is 0. The zero-order valence-corrected chi connectivity index (χ0v) is 14.1. The predicted molar refractivity (Wildman–Crippen MR) is 93.4 cm³/mol. The molecule has 2 atom stereocenters. The normalized spacial score (nSPS) is 29.1. The van der Waals surface area contributed by atoms with Crippen LogP contribution in [0.2, 0.25) is 0 Å². The minimum absolute atomic E-state index is 0.145. The lowest BCUT2D eigenvalue weighted by Gasteiger charge is -2.48. The van der Waals surface area contributed by atoms with Crippen molar-refractivity contribution in [2.45, 2.75) is 37.5 Å². The molecule has 2 aliphatic heterocycles. The summed E-state index contributed by atoms with van der Waals surface area (Å²) >= 11 is 0. The molecule has 1 aromatic heterocycles. The van der Waals surface area contributed by atoms with E-state index in [1.54, 1.807) is 6.20 Å². The van der Waals surface area contributed by atoms with E-state index in [1.807, 2.05) is 24.4 Å². The van der Waals surface area contributed by atoms with Crippen molar-refractivity contribution < 1.29 is 5.11 Å². The van der Waals surface area contributed by atoms with Gasteiger partial charge in [-0.3, -0.25) is 9.80 Å². The van der Waals surface area contributed by atoms with E-state index in [0.717, 1.165) is 50.5 Å². The number of H-pyrrole nitrogens is 1. The van der Waals surface area contributed by atoms with Gasteiger partial charge < -0.3 is 10.1 Å². The second kappa shape index (κ2) is 6.67. The van der Waals surface area contributed by atoms with Crippen molar-refractivity contribution in [3.63, 3.8) is 0 Å². The molecule has 0 spiro atoms. The predicted octanol–water partition coefficient (Wildman–Crippen LogP) is 1.97. The molecule has 5 heteroatoms. The molecule has 0 amide bonds. The largest absolute Gasteiger partial charge is 0.383 e. The third kappa shape index (κ3) is 2.99. The summed E-state index contributed by atoms with van der Waals surface area (Å²) in [4.78, 5) is 12.4. The summed E-state index contributed by atoms with van der Waals surface area (Å²) in [5.74, 6) is 1.00. The van der Waals surface area contributed by atoms with Crippen molar-refractivity contribution in [1.82, 2.24) is 19.8 Å². The highest BCUT2D eigenvalue weighted by Crippen LogP contribution is 2.37. The van der Waals surface area contributed by atoms with Gasteiger partial charge >= 0.3 is 0 Å². The molecule has 4 rings (SSSR count). The Morgan fingerprint density at radius 2 is 1.96 bits per heavy atom. The number of imidazole rings is 1. The van der Waals surface area contributed by atoms with Gasteiger partial charge in [-0.05, 0) is 37.9 Å². The summed E-state index contributed by atoms with van der Waals surface area (Å²) in [5, 5.41) is 11.6. The molecule has 5 nitrogen and oxygen atoms in total. The molecule has 2 saturated heterocycles. The number of nitrogens with one attached hydrogen (secondary N) is 1. The number of piperidine rings is 1. The number of aromatic amines is 1. The maximum absolute atomic E-state index is 11.6. The highest BCUT2D eigenvalue weighted by molar-refractivity contribution is 5.26. The van der Waals surface area contributed by atoms with E-state index in [-0.39, 0.29) is 6.04 Å². The molecule has 0 saturated carbocycles. The number of hydrogen-bond donors (Lipinski definition) is 2. The molecule has 1 aromatic carbocycles. The average Bonchev–Trinajstić information content (AvgIpc) is 3.31. The average molecular weight is 326 g/mol. The highest BCUT2D eigenvalue weighted by Gasteiger charge is 2.46. The minimum atomic E-state index is -0.759. The smallest absolute Gasteiger partial charge is 0.120 e. The zero-order chi connectivity index (χ0) is 16.4. The van der Waals surface area contributed by atoms with Crippen molar-refractivity contribution in [3.8, 4) is 0 Å². The summed E-state index contributed by atoms with van der Waals surface area (Å²) in [6.07, 6.45) is 6.91. The minimum Gasteiger partial charge on any atom is -0.383 e. The van der Waals surface area contributed by atoms with E-state index in [0.29, 0.717) is 0 Å². The first kappa shape index (κ1) is 15.8. The molecule has 0 radical (unpaired) electrons. The SMILES string of the molecule is O[C@]1(c2ccccc2)CCN(Cc2ncc[nH]2)C[C@H]1N1CCCC1. The molecule has 2 N–H and O–H groups in total. The van der Waals surface area contributed by atoms with Gasteiger partial charge in [-0.25, -0.2) is 4.98 Å². The number of aliphatic hydroxyl groups is 1. The molecule has 2 aromatic rings. The van der Waals surface area contributed by atoms with Crippen LogP contribution in [0.3, 0.4) is 0 Å². The van der Waals surface area contributed by atoms with E-state index in [4.69, 9.17) is 0 Å². The van der Waals surface area contributed by atoms with Gasteiger partial charge in [0.25, 0.3) is 0 Å². The second-order valence-electron chi connectivity index (χ2n) is 7.07. The lowest BCUT2D eigenvalue weighted by Crippen LogP contribution is -2.60. The van der Waals surface area contributed by atoms with Crippen molar-refractivity contribution in [1.29, 1.82) is 0 Å². The first-order chi connectivity index (χ1) is 11.8. The summed E-state index contributed by atoms with van der Waals surface area (Å²) in [6.45, 7) is 4.77. The molecular formula is C19H26N4O. The van der Waals surface area contributed by atoms with Gasteiger partial charge in [0.1, 0.15) is 11.4 Å². The fraction of sp³-hybridized carbons (Fsp3) is 0.526. The number of hydrogen-bond acceptors (Lipinski definition) is 4. The Kier molecular flexibility index (Phi) is 4.39. The number of likely N-dealkylation sites (tertiary alicyclic amines) is 2. The third-order valence-electron chi connectivity index (χ3n) is 5.57. The molecule has 24 heavy (non-hydrogen) atoms. The van der Waals surface area contributed by atoms with Crippen LogP contribution in [-0.4, -0.2) is 57.1 Å². The van der Waals surface area contributed by atoms with Crippen molar-refractivity contribution in [3.05, 3.63) is 54.1 Å². The Balaban J connectivity index is 1.58. The molecular weight excluding hydrogens is 300 g/mol. The standard InChI is InChI=1S/C19H26N4O/c24-19(16-6-2-1-3-7-16)8-13-22(15-18-20-9-10-21-18)14-17(19)23-11-4-5-12-23/h1-3,6-7,9-10,17,24H,4-5,8,11-15H2,(H,20,21)/t17-,19+/m1/s1. The number of nitrogens with zero attached hydrogens (tertiary/aromatic N) is 3. The van der Waals surface area contributed by atoms with Gasteiger partial charge in [0.15, 0.2) is 0 Å². The van der Waals surface area contributed by atoms with Crippen LogP contribution in [0, 0.1) is 0 Å². The monoisotopic (exact) mass is 326 g/mol. The fourth-order valence-corrected chi connectivity index (χ4v) is 4.26. The van der Waals surface area contributed by atoms with E-state index in [1.165, 1.54) is 12.8 Å². The van der Waals surface area contributed by atoms with Gasteiger partial charge in [0.05, 0.1) is 12.6 Å². The fourth-order valence-electron chi connectivity index (χ4n) is 4.26. The lowest BCUT2D eigenvalue weighted by atomic mass is 9.79. The quantitative estimate of drug-likeness (QED) is 0.902. The van der Waals surface area contributed by atoms with Crippen LogP contribution < -0.4 is 0 Å². The Morgan fingerprint density at radius 3 is 2.67 bits per heavy atom. The van der Waals surface area contributed by atoms with Gasteiger partial charge in [-0.2, -0.15) is 0 Å². The van der Waals surface area contributed by atoms with Crippen LogP contribution in [0.1, 0.15) is 30.7 Å². The summed E-state index contributed by atoms with van der Waals surface area (Å²) in [7, 11) is 0. The van der Waals surface area contributed by atoms with Crippen LogP contribution in [0.25, 0.3) is 0 Å². The Bertz CT molecular complexity index is 639. The molecule has 0 aliphatic carbocycles. The second-order valence-corrected chi connectivity index (χ2v) is 7.07. The molecule has 0 unspecified atom stereocenters. The molecule has 2 aliphatic rings. The van der Waals surface area contributed by atoms with Crippen molar-refractivity contribution in [2.75, 3.05) is 26.2 Å². The van der Waals surface area contributed by atoms with Crippen LogP contribution in [0.15, 0.2) is 42.7 Å². The van der Waals surface area contributed by atoms with Crippen LogP contribution in [0.5, 0.6) is 0 Å². The van der Waals surface area contributed by atoms with Crippen molar-refractivity contribution in [2.24, 2.45) is 0 Å². The van der Waals surface area contributed by atoms with E-state index < -0.39 is 5.60 Å². The van der Waals surface area contributed by atoms with E-state index >= 15 is 0 Å². The molecule has 3 heterocycles. The van der Waals surface area contributed by atoms with Gasteiger partial charge in [0, 0.05) is 25.5 Å². The molecule has 128 valence electrons. The zero-order valence-electron chi connectivity index (χ0n) is 14.1. The molecule has 0 bridgehead atoms. The Labute approximate surface area is 143 Å². The van der Waals surface area contributed by atoms with Gasteiger partial charge in [-0.1, -0.05) is 30.3 Å². The number of rotatable bonds is 4. The van der Waals surface area contributed by atoms with E-state index in [9.17, 15) is 5.11 Å². The first-order valence-electron chi connectivity index (χ1n) is 8.98. The molecule has 2 fully saturated rings. The summed E-state index contributed by atoms with van der Waals surface area (Å²) in [5.41, 5.74) is 0.296. The third-order valence-corrected chi connectivity index (χ3v) is 5.57. The maximum Gasteiger partial charge on any atom is 0.120 e. The van der Waals surface area contributed by atoms with Crippen LogP contribution in [0.4, 0.5) is 0 Å². The van der Waals surface area contributed by atoms with Gasteiger partial charge in [-0.15, -0.1) is 0 Å². The Hall–Kier alpha value is -1.69. The highest BCUT2D eigenvalue weighted by atomic mass is 16.3. The topological polar surface area (TPSA) is 55.4 Å². The van der Waals surface area contributed by atoms with Crippen molar-refractivity contribution >= 4 is 0 Å². The maximum atomic E-state index is 11.6. The number of aromatic nitrogens is 2. The lowest BCUT2D eigenvalue weighted by molar-refractivity contribution is -0.0962. The first-order valence-corrected chi connectivity index (χ1v) is 8.98. The Morgan fingerprint density at radius 1 is 1.17 bits per heavy atom. The van der Waals surface area contributed by atoms with Crippen LogP contribution >= 0.6 is 0 Å².